The summed E-state index contributed by atoms with van der Waals surface area (Å²) in [5.74, 6) is 0.719. The van der Waals surface area contributed by atoms with Crippen LogP contribution >= 0.6 is 0 Å². The summed E-state index contributed by atoms with van der Waals surface area (Å²) >= 11 is 0. The number of carbonyl (C=O) groups is 1. The van der Waals surface area contributed by atoms with E-state index in [0.29, 0.717) is 17.6 Å². The summed E-state index contributed by atoms with van der Waals surface area (Å²) in [6, 6.07) is 0. The van der Waals surface area contributed by atoms with Gasteiger partial charge in [-0.25, -0.2) is 4.98 Å². The highest BCUT2D eigenvalue weighted by atomic mass is 16.5. The summed E-state index contributed by atoms with van der Waals surface area (Å²) < 4.78 is 10.6. The molecule has 0 amide bonds. The Balaban J connectivity index is 1.88. The average molecular weight is 225 g/mol. The molecule has 5 heteroatoms. The van der Waals surface area contributed by atoms with E-state index in [0.717, 1.165) is 32.5 Å². The van der Waals surface area contributed by atoms with Gasteiger partial charge in [-0.1, -0.05) is 0 Å². The third kappa shape index (κ3) is 3.06. The van der Waals surface area contributed by atoms with Gasteiger partial charge in [-0.05, 0) is 18.8 Å². The molecule has 2 heterocycles. The Morgan fingerprint density at radius 2 is 2.25 bits per heavy atom. The molecule has 16 heavy (non-hydrogen) atoms. The zero-order chi connectivity index (χ0) is 11.4. The molecule has 1 aliphatic heterocycles. The normalized spacial score (nSPS) is 17.5. The Bertz CT molecular complexity index is 355. The minimum absolute atomic E-state index is 0.0965. The van der Waals surface area contributed by atoms with Gasteiger partial charge >= 0.3 is 5.97 Å². The molecule has 5 nitrogen and oxygen atoms in total. The quantitative estimate of drug-likeness (QED) is 0.835. The van der Waals surface area contributed by atoms with Crippen molar-refractivity contribution in [3.63, 3.8) is 0 Å². The van der Waals surface area contributed by atoms with Crippen LogP contribution < -0.4 is 0 Å². The lowest BCUT2D eigenvalue weighted by molar-refractivity contribution is -0.136. The van der Waals surface area contributed by atoms with E-state index >= 15 is 0 Å². The molecule has 0 bridgehead atoms. The van der Waals surface area contributed by atoms with Crippen molar-refractivity contribution in [1.82, 2.24) is 4.98 Å². The van der Waals surface area contributed by atoms with Gasteiger partial charge in [-0.15, -0.1) is 0 Å². The van der Waals surface area contributed by atoms with Crippen LogP contribution in [-0.2, 0) is 22.4 Å². The van der Waals surface area contributed by atoms with Crippen molar-refractivity contribution in [3.05, 3.63) is 17.8 Å². The second-order valence-electron chi connectivity index (χ2n) is 4.05. The van der Waals surface area contributed by atoms with Gasteiger partial charge in [0, 0.05) is 19.6 Å². The van der Waals surface area contributed by atoms with Gasteiger partial charge < -0.3 is 14.3 Å². The topological polar surface area (TPSA) is 72.6 Å². The zero-order valence-electron chi connectivity index (χ0n) is 9.02. The Kier molecular flexibility index (Phi) is 3.56. The fourth-order valence-electron chi connectivity index (χ4n) is 1.87. The molecule has 2 rings (SSSR count). The smallest absolute Gasteiger partial charge is 0.311 e. The molecule has 1 N–H and O–H groups in total. The predicted octanol–water partition coefficient (Wildman–Crippen LogP) is 1.27. The summed E-state index contributed by atoms with van der Waals surface area (Å²) in [6.45, 7) is 1.60. The van der Waals surface area contributed by atoms with Crippen LogP contribution in [0.15, 0.2) is 10.6 Å². The van der Waals surface area contributed by atoms with Crippen molar-refractivity contribution < 1.29 is 19.1 Å². The van der Waals surface area contributed by atoms with Crippen molar-refractivity contribution in [2.24, 2.45) is 5.92 Å². The van der Waals surface area contributed by atoms with Crippen molar-refractivity contribution in [1.29, 1.82) is 0 Å². The van der Waals surface area contributed by atoms with E-state index in [2.05, 4.69) is 4.98 Å². The molecule has 0 aromatic carbocycles. The largest absolute Gasteiger partial charge is 0.481 e. The van der Waals surface area contributed by atoms with Crippen LogP contribution in [0.4, 0.5) is 0 Å². The third-order valence-electron chi connectivity index (χ3n) is 2.73. The van der Waals surface area contributed by atoms with E-state index in [4.69, 9.17) is 14.3 Å². The van der Waals surface area contributed by atoms with E-state index in [9.17, 15) is 4.79 Å². The molecule has 0 atom stereocenters. The first-order chi connectivity index (χ1) is 7.74. The molecule has 88 valence electrons. The van der Waals surface area contributed by atoms with Crippen LogP contribution in [0.5, 0.6) is 0 Å². The molecule has 1 fully saturated rings. The number of hydrogen-bond donors (Lipinski definition) is 1. The molecule has 0 aliphatic carbocycles. The van der Waals surface area contributed by atoms with Gasteiger partial charge in [0.1, 0.15) is 12.2 Å². The minimum Gasteiger partial charge on any atom is -0.481 e. The van der Waals surface area contributed by atoms with Crippen molar-refractivity contribution >= 4 is 5.97 Å². The first-order valence-electron chi connectivity index (χ1n) is 5.47. The maximum absolute atomic E-state index is 10.5. The van der Waals surface area contributed by atoms with Crippen LogP contribution in [0.1, 0.15) is 24.5 Å². The van der Waals surface area contributed by atoms with Crippen molar-refractivity contribution in [2.45, 2.75) is 25.7 Å². The summed E-state index contributed by atoms with van der Waals surface area (Å²) in [7, 11) is 0. The van der Waals surface area contributed by atoms with Crippen LogP contribution in [0.2, 0.25) is 0 Å². The highest BCUT2D eigenvalue weighted by molar-refractivity contribution is 5.69. The molecule has 0 saturated carbocycles. The van der Waals surface area contributed by atoms with Crippen LogP contribution in [0, 0.1) is 5.92 Å². The lowest BCUT2D eigenvalue weighted by atomic mass is 9.97. The molecule has 0 unspecified atom stereocenters. The summed E-state index contributed by atoms with van der Waals surface area (Å²) in [5.41, 5.74) is 0. The highest BCUT2D eigenvalue weighted by Crippen LogP contribution is 2.19. The lowest BCUT2D eigenvalue weighted by Gasteiger charge is -2.20. The van der Waals surface area contributed by atoms with E-state index in [1.54, 1.807) is 0 Å². The number of aliphatic carboxylic acids is 1. The monoisotopic (exact) mass is 225 g/mol. The minimum atomic E-state index is -0.895. The van der Waals surface area contributed by atoms with Gasteiger partial charge in [0.15, 0.2) is 5.89 Å². The standard InChI is InChI=1S/C11H15NO4/c13-11(14)6-9-7-12-10(16-9)5-8-1-3-15-4-2-8/h7-8H,1-6H2,(H,13,14). The molecular weight excluding hydrogens is 210 g/mol. The highest BCUT2D eigenvalue weighted by Gasteiger charge is 2.17. The number of carboxylic acids is 1. The van der Waals surface area contributed by atoms with E-state index < -0.39 is 5.97 Å². The Morgan fingerprint density at radius 3 is 2.94 bits per heavy atom. The van der Waals surface area contributed by atoms with Crippen LogP contribution in [0.25, 0.3) is 0 Å². The number of ether oxygens (including phenoxy) is 1. The fraction of sp³-hybridized carbons (Fsp3) is 0.636. The predicted molar refractivity (Wildman–Crippen MR) is 55.1 cm³/mol. The Hall–Kier alpha value is -1.36. The molecule has 1 aromatic rings. The van der Waals surface area contributed by atoms with Crippen molar-refractivity contribution in [2.75, 3.05) is 13.2 Å². The summed E-state index contributed by atoms with van der Waals surface area (Å²) in [6.07, 6.45) is 4.24. The number of oxazole rings is 1. The fourth-order valence-corrected chi connectivity index (χ4v) is 1.87. The van der Waals surface area contributed by atoms with Gasteiger partial charge in [0.25, 0.3) is 0 Å². The number of rotatable bonds is 4. The van der Waals surface area contributed by atoms with Gasteiger partial charge in [0.05, 0.1) is 6.20 Å². The van der Waals surface area contributed by atoms with Gasteiger partial charge in [-0.3, -0.25) is 4.79 Å². The summed E-state index contributed by atoms with van der Waals surface area (Å²) in [5, 5.41) is 8.59. The average Bonchev–Trinajstić information content (AvgIpc) is 2.66. The van der Waals surface area contributed by atoms with Crippen molar-refractivity contribution in [3.8, 4) is 0 Å². The third-order valence-corrected chi connectivity index (χ3v) is 2.73. The Labute approximate surface area is 93.4 Å². The second kappa shape index (κ2) is 5.12. The number of hydrogen-bond acceptors (Lipinski definition) is 4. The van der Waals surface area contributed by atoms with Gasteiger partial charge in [0.2, 0.25) is 0 Å². The second-order valence-corrected chi connectivity index (χ2v) is 4.05. The first-order valence-corrected chi connectivity index (χ1v) is 5.47. The SMILES string of the molecule is O=C(O)Cc1cnc(CC2CCOCC2)o1. The molecule has 1 aromatic heterocycles. The first kappa shape index (κ1) is 11.1. The van der Waals surface area contributed by atoms with E-state index in [-0.39, 0.29) is 6.42 Å². The number of aromatic nitrogens is 1. The molecule has 1 saturated heterocycles. The zero-order valence-corrected chi connectivity index (χ0v) is 9.02. The van der Waals surface area contributed by atoms with E-state index in [1.807, 2.05) is 0 Å². The maximum Gasteiger partial charge on any atom is 0.311 e. The summed E-state index contributed by atoms with van der Waals surface area (Å²) in [4.78, 5) is 14.6. The van der Waals surface area contributed by atoms with Crippen LogP contribution in [0.3, 0.4) is 0 Å². The molecule has 0 spiro atoms. The molecule has 1 aliphatic rings. The maximum atomic E-state index is 10.5. The van der Waals surface area contributed by atoms with E-state index in [1.165, 1.54) is 6.20 Å². The van der Waals surface area contributed by atoms with Crippen LogP contribution in [-0.4, -0.2) is 29.3 Å². The number of nitrogens with zero attached hydrogens (tertiary/aromatic N) is 1. The molecule has 0 radical (unpaired) electrons. The Morgan fingerprint density at radius 1 is 1.50 bits per heavy atom. The number of carboxylic acid groups (broad SMARTS) is 1. The lowest BCUT2D eigenvalue weighted by Crippen LogP contribution is -2.17. The van der Waals surface area contributed by atoms with Gasteiger partial charge in [-0.2, -0.15) is 0 Å². The molecular formula is C11H15NO4.